The van der Waals surface area contributed by atoms with Crippen molar-refractivity contribution in [2.75, 3.05) is 13.1 Å². The average molecular weight is 252 g/mol. The predicted octanol–water partition coefficient (Wildman–Crippen LogP) is 1.89. The van der Waals surface area contributed by atoms with Crippen LogP contribution >= 0.6 is 0 Å². The molecular weight excluding hydrogens is 228 g/mol. The van der Waals surface area contributed by atoms with E-state index in [0.29, 0.717) is 17.1 Å². The Morgan fingerprint density at radius 1 is 1.44 bits per heavy atom. The van der Waals surface area contributed by atoms with Gasteiger partial charge in [-0.25, -0.2) is 0 Å². The molecule has 1 saturated heterocycles. The number of hydrogen-bond acceptors (Lipinski definition) is 5. The van der Waals surface area contributed by atoms with Gasteiger partial charge in [-0.15, -0.1) is 0 Å². The van der Waals surface area contributed by atoms with Crippen LogP contribution in [0.4, 0.5) is 0 Å². The van der Waals surface area contributed by atoms with Crippen molar-refractivity contribution in [3.8, 4) is 0 Å². The maximum Gasteiger partial charge on any atom is 0.240 e. The largest absolute Gasteiger partial charge is 0.338 e. The molecule has 0 spiro atoms. The summed E-state index contributed by atoms with van der Waals surface area (Å²) in [4.78, 5) is 6.76. The van der Waals surface area contributed by atoms with Gasteiger partial charge in [0, 0.05) is 6.54 Å². The number of nitrogens with two attached hydrogens (primary N) is 1. The van der Waals surface area contributed by atoms with Gasteiger partial charge in [-0.05, 0) is 38.6 Å². The Morgan fingerprint density at radius 2 is 2.17 bits per heavy atom. The van der Waals surface area contributed by atoms with E-state index in [9.17, 15) is 0 Å². The van der Waals surface area contributed by atoms with Gasteiger partial charge in [-0.2, -0.15) is 4.98 Å². The summed E-state index contributed by atoms with van der Waals surface area (Å²) in [6, 6.07) is 0. The van der Waals surface area contributed by atoms with Gasteiger partial charge in [0.15, 0.2) is 5.82 Å². The predicted molar refractivity (Wildman–Crippen MR) is 69.8 cm³/mol. The molecule has 0 unspecified atom stereocenters. The number of rotatable bonds is 3. The minimum absolute atomic E-state index is 0.383. The molecule has 1 fully saturated rings. The lowest BCUT2D eigenvalue weighted by molar-refractivity contribution is 0.101. The van der Waals surface area contributed by atoms with E-state index in [1.807, 2.05) is 13.8 Å². The number of piperidine rings is 1. The lowest BCUT2D eigenvalue weighted by Gasteiger charge is -2.37. The van der Waals surface area contributed by atoms with Crippen molar-refractivity contribution in [2.24, 2.45) is 11.1 Å². The Bertz CT molecular complexity index is 405. The molecule has 102 valence electrons. The first-order chi connectivity index (χ1) is 8.26. The molecule has 0 aromatic carbocycles. The van der Waals surface area contributed by atoms with Gasteiger partial charge in [-0.3, -0.25) is 4.90 Å². The average Bonchev–Trinajstić information content (AvgIpc) is 2.63. The van der Waals surface area contributed by atoms with Crippen LogP contribution in [0.15, 0.2) is 4.52 Å². The normalized spacial score (nSPS) is 21.2. The van der Waals surface area contributed by atoms with Gasteiger partial charge >= 0.3 is 0 Å². The second-order valence-electron chi connectivity index (χ2n) is 6.71. The molecule has 0 aliphatic carbocycles. The second-order valence-corrected chi connectivity index (χ2v) is 6.71. The van der Waals surface area contributed by atoms with Crippen molar-refractivity contribution in [3.63, 3.8) is 0 Å². The van der Waals surface area contributed by atoms with Crippen LogP contribution in [0, 0.1) is 5.41 Å². The van der Waals surface area contributed by atoms with E-state index in [-0.39, 0.29) is 0 Å². The minimum atomic E-state index is -0.539. The molecule has 2 heterocycles. The van der Waals surface area contributed by atoms with E-state index in [0.717, 1.165) is 19.6 Å². The zero-order chi connectivity index (χ0) is 13.4. The van der Waals surface area contributed by atoms with Crippen LogP contribution in [0.5, 0.6) is 0 Å². The zero-order valence-electron chi connectivity index (χ0n) is 11.9. The van der Waals surface area contributed by atoms with Crippen molar-refractivity contribution < 1.29 is 4.52 Å². The maximum absolute atomic E-state index is 5.95. The summed E-state index contributed by atoms with van der Waals surface area (Å²) < 4.78 is 5.28. The molecule has 1 aromatic rings. The number of aromatic nitrogens is 2. The van der Waals surface area contributed by atoms with Gasteiger partial charge < -0.3 is 10.3 Å². The molecule has 0 amide bonds. The topological polar surface area (TPSA) is 68.2 Å². The van der Waals surface area contributed by atoms with Gasteiger partial charge in [0.05, 0.1) is 12.1 Å². The number of hydrogen-bond donors (Lipinski definition) is 1. The second kappa shape index (κ2) is 4.63. The lowest BCUT2D eigenvalue weighted by Crippen LogP contribution is -2.39. The fourth-order valence-corrected chi connectivity index (χ4v) is 2.45. The molecule has 0 atom stereocenters. The minimum Gasteiger partial charge on any atom is -0.338 e. The van der Waals surface area contributed by atoms with Gasteiger partial charge in [0.25, 0.3) is 0 Å². The molecule has 1 aliphatic heterocycles. The maximum atomic E-state index is 5.95. The first kappa shape index (κ1) is 13.5. The molecule has 1 aliphatic rings. The first-order valence-corrected chi connectivity index (χ1v) is 6.61. The number of nitrogens with zero attached hydrogens (tertiary/aromatic N) is 3. The Hall–Kier alpha value is -0.940. The monoisotopic (exact) mass is 252 g/mol. The highest BCUT2D eigenvalue weighted by atomic mass is 16.5. The summed E-state index contributed by atoms with van der Waals surface area (Å²) >= 11 is 0. The zero-order valence-corrected chi connectivity index (χ0v) is 11.9. The highest BCUT2D eigenvalue weighted by Gasteiger charge is 2.28. The molecule has 2 N–H and O–H groups in total. The van der Waals surface area contributed by atoms with Gasteiger partial charge in [-0.1, -0.05) is 19.0 Å². The summed E-state index contributed by atoms with van der Waals surface area (Å²) in [5, 5.41) is 3.95. The van der Waals surface area contributed by atoms with Crippen LogP contribution in [-0.4, -0.2) is 28.1 Å². The summed E-state index contributed by atoms with van der Waals surface area (Å²) in [5.74, 6) is 1.25. The van der Waals surface area contributed by atoms with Crippen molar-refractivity contribution in [2.45, 2.75) is 52.6 Å². The summed E-state index contributed by atoms with van der Waals surface area (Å²) in [7, 11) is 0. The van der Waals surface area contributed by atoms with Crippen molar-refractivity contribution in [1.82, 2.24) is 15.0 Å². The molecule has 1 aromatic heterocycles. The molecule has 0 saturated carbocycles. The Labute approximate surface area is 109 Å². The van der Waals surface area contributed by atoms with E-state index in [1.165, 1.54) is 12.8 Å². The molecular formula is C13H24N4O. The van der Waals surface area contributed by atoms with Gasteiger partial charge in [0.1, 0.15) is 0 Å². The molecule has 0 radical (unpaired) electrons. The van der Waals surface area contributed by atoms with Crippen LogP contribution in [0.1, 0.15) is 52.3 Å². The summed E-state index contributed by atoms with van der Waals surface area (Å²) in [5.41, 5.74) is 5.79. The van der Waals surface area contributed by atoms with Gasteiger partial charge in [0.2, 0.25) is 5.89 Å². The van der Waals surface area contributed by atoms with E-state index >= 15 is 0 Å². The standard InChI is InChI=1S/C13H24N4O/c1-12(2)6-5-7-17(9-12)8-10-15-11(16-18-10)13(3,4)14/h5-9,14H2,1-4H3. The van der Waals surface area contributed by atoms with E-state index < -0.39 is 5.54 Å². The Kier molecular flexibility index (Phi) is 3.47. The molecule has 0 bridgehead atoms. The highest BCUT2D eigenvalue weighted by molar-refractivity contribution is 4.99. The first-order valence-electron chi connectivity index (χ1n) is 6.61. The molecule has 5 heteroatoms. The van der Waals surface area contributed by atoms with Crippen LogP contribution in [-0.2, 0) is 12.1 Å². The summed E-state index contributed by atoms with van der Waals surface area (Å²) in [6.45, 7) is 11.3. The van der Waals surface area contributed by atoms with Crippen molar-refractivity contribution in [1.29, 1.82) is 0 Å². The van der Waals surface area contributed by atoms with Crippen LogP contribution in [0.2, 0.25) is 0 Å². The van der Waals surface area contributed by atoms with Crippen LogP contribution in [0.3, 0.4) is 0 Å². The Morgan fingerprint density at radius 3 is 2.72 bits per heavy atom. The Balaban J connectivity index is 1.99. The molecule has 2 rings (SSSR count). The summed E-state index contributed by atoms with van der Waals surface area (Å²) in [6.07, 6.45) is 2.52. The third-order valence-electron chi connectivity index (χ3n) is 3.38. The molecule has 5 nitrogen and oxygen atoms in total. The molecule has 18 heavy (non-hydrogen) atoms. The highest BCUT2D eigenvalue weighted by Crippen LogP contribution is 2.29. The lowest BCUT2D eigenvalue weighted by atomic mass is 9.84. The van der Waals surface area contributed by atoms with Crippen LogP contribution < -0.4 is 5.73 Å². The van der Waals surface area contributed by atoms with E-state index in [4.69, 9.17) is 10.3 Å². The SMILES string of the molecule is CC1(C)CCCN(Cc2nc(C(C)(C)N)no2)C1. The fourth-order valence-electron chi connectivity index (χ4n) is 2.45. The smallest absolute Gasteiger partial charge is 0.240 e. The van der Waals surface area contributed by atoms with E-state index in [1.54, 1.807) is 0 Å². The fraction of sp³-hybridized carbons (Fsp3) is 0.846. The third-order valence-corrected chi connectivity index (χ3v) is 3.38. The third kappa shape index (κ3) is 3.29. The van der Waals surface area contributed by atoms with Crippen molar-refractivity contribution in [3.05, 3.63) is 11.7 Å². The van der Waals surface area contributed by atoms with Crippen LogP contribution in [0.25, 0.3) is 0 Å². The quantitative estimate of drug-likeness (QED) is 0.889. The van der Waals surface area contributed by atoms with E-state index in [2.05, 4.69) is 28.9 Å². The van der Waals surface area contributed by atoms with Crippen molar-refractivity contribution >= 4 is 0 Å². The number of likely N-dealkylation sites (tertiary alicyclic amines) is 1.